The van der Waals surface area contributed by atoms with Crippen LogP contribution < -0.4 is 10.1 Å². The summed E-state index contributed by atoms with van der Waals surface area (Å²) in [6, 6.07) is 5.80. The molecular formula is C12H12N4O2. The van der Waals surface area contributed by atoms with E-state index in [2.05, 4.69) is 15.5 Å². The van der Waals surface area contributed by atoms with E-state index >= 15 is 0 Å². The van der Waals surface area contributed by atoms with Crippen LogP contribution in [0.2, 0.25) is 0 Å². The molecule has 1 amide bonds. The average Bonchev–Trinajstić information content (AvgIpc) is 2.84. The molecule has 0 radical (unpaired) electrons. The van der Waals surface area contributed by atoms with Crippen molar-refractivity contribution in [1.29, 1.82) is 0 Å². The van der Waals surface area contributed by atoms with Gasteiger partial charge in [-0.15, -0.1) is 10.2 Å². The zero-order valence-corrected chi connectivity index (χ0v) is 9.88. The van der Waals surface area contributed by atoms with E-state index < -0.39 is 0 Å². The number of fused-ring (bicyclic) bond motifs is 3. The molecule has 6 heteroatoms. The number of benzene rings is 1. The van der Waals surface area contributed by atoms with E-state index in [4.69, 9.17) is 4.74 Å². The summed E-state index contributed by atoms with van der Waals surface area (Å²) in [5, 5.41) is 10.6. The number of amides is 1. The van der Waals surface area contributed by atoms with E-state index in [1.165, 1.54) is 6.92 Å². The minimum absolute atomic E-state index is 0.0473. The zero-order valence-electron chi connectivity index (χ0n) is 9.88. The smallest absolute Gasteiger partial charge is 0.217 e. The molecule has 3 rings (SSSR count). The van der Waals surface area contributed by atoms with Gasteiger partial charge in [0.25, 0.3) is 0 Å². The van der Waals surface area contributed by atoms with E-state index in [0.717, 1.165) is 22.8 Å². The summed E-state index contributed by atoms with van der Waals surface area (Å²) in [6.45, 7) is 2.43. The highest BCUT2D eigenvalue weighted by molar-refractivity contribution is 5.72. The van der Waals surface area contributed by atoms with Crippen LogP contribution in [0.3, 0.4) is 0 Å². The van der Waals surface area contributed by atoms with Crippen molar-refractivity contribution in [2.45, 2.75) is 20.1 Å². The summed E-state index contributed by atoms with van der Waals surface area (Å²) in [5.41, 5.74) is 1.92. The van der Waals surface area contributed by atoms with Gasteiger partial charge in [-0.05, 0) is 17.7 Å². The summed E-state index contributed by atoms with van der Waals surface area (Å²) in [7, 11) is 0. The van der Waals surface area contributed by atoms with Crippen LogP contribution in [-0.4, -0.2) is 20.7 Å². The van der Waals surface area contributed by atoms with Gasteiger partial charge >= 0.3 is 0 Å². The third-order valence-corrected chi connectivity index (χ3v) is 2.80. The number of aromatic nitrogens is 3. The molecule has 0 saturated heterocycles. The van der Waals surface area contributed by atoms with E-state index in [0.29, 0.717) is 13.2 Å². The molecular weight excluding hydrogens is 232 g/mol. The van der Waals surface area contributed by atoms with Crippen molar-refractivity contribution >= 4 is 5.91 Å². The van der Waals surface area contributed by atoms with Crippen LogP contribution in [0.25, 0.3) is 5.69 Å². The molecule has 18 heavy (non-hydrogen) atoms. The number of nitrogens with zero attached hydrogens (tertiary/aromatic N) is 3. The molecule has 1 aromatic carbocycles. The molecule has 0 atom stereocenters. The van der Waals surface area contributed by atoms with Crippen LogP contribution in [0, 0.1) is 0 Å². The largest absolute Gasteiger partial charge is 0.483 e. The molecule has 1 aliphatic rings. The van der Waals surface area contributed by atoms with Gasteiger partial charge in [-0.2, -0.15) is 0 Å². The van der Waals surface area contributed by atoms with Gasteiger partial charge in [-0.1, -0.05) is 6.07 Å². The van der Waals surface area contributed by atoms with Gasteiger partial charge in [0, 0.05) is 13.5 Å². The van der Waals surface area contributed by atoms with Crippen molar-refractivity contribution in [2.24, 2.45) is 0 Å². The monoisotopic (exact) mass is 244 g/mol. The number of ether oxygens (including phenoxy) is 1. The zero-order chi connectivity index (χ0) is 12.5. The van der Waals surface area contributed by atoms with Crippen molar-refractivity contribution in [1.82, 2.24) is 20.1 Å². The van der Waals surface area contributed by atoms with Crippen LogP contribution in [0.1, 0.15) is 18.3 Å². The fourth-order valence-corrected chi connectivity index (χ4v) is 1.91. The van der Waals surface area contributed by atoms with Crippen LogP contribution in [0.15, 0.2) is 24.5 Å². The number of rotatable bonds is 2. The lowest BCUT2D eigenvalue weighted by molar-refractivity contribution is -0.119. The SMILES string of the molecule is CC(=O)NCc1ccc2c(c1)-n1cnnc1CO2. The van der Waals surface area contributed by atoms with Gasteiger partial charge < -0.3 is 10.1 Å². The lowest BCUT2D eigenvalue weighted by Crippen LogP contribution is -2.19. The van der Waals surface area contributed by atoms with Gasteiger partial charge in [-0.25, -0.2) is 0 Å². The summed E-state index contributed by atoms with van der Waals surface area (Å²) >= 11 is 0. The highest BCUT2D eigenvalue weighted by atomic mass is 16.5. The minimum atomic E-state index is -0.0473. The van der Waals surface area contributed by atoms with Gasteiger partial charge in [-0.3, -0.25) is 9.36 Å². The molecule has 0 bridgehead atoms. The topological polar surface area (TPSA) is 69.0 Å². The molecule has 92 valence electrons. The first-order valence-corrected chi connectivity index (χ1v) is 5.63. The number of nitrogens with one attached hydrogen (secondary N) is 1. The third-order valence-electron chi connectivity index (χ3n) is 2.80. The van der Waals surface area contributed by atoms with Crippen LogP contribution in [0.5, 0.6) is 5.75 Å². The van der Waals surface area contributed by atoms with Crippen molar-refractivity contribution in [3.05, 3.63) is 35.9 Å². The molecule has 0 unspecified atom stereocenters. The third kappa shape index (κ3) is 1.81. The first-order valence-electron chi connectivity index (χ1n) is 5.63. The Balaban J connectivity index is 1.95. The standard InChI is InChI=1S/C12H12N4O2/c1-8(17)13-5-9-2-3-11-10(4-9)16-7-14-15-12(16)6-18-11/h2-4,7H,5-6H2,1H3,(H,13,17). The Morgan fingerprint density at radius 1 is 1.56 bits per heavy atom. The molecule has 6 nitrogen and oxygen atoms in total. The Morgan fingerprint density at radius 3 is 3.28 bits per heavy atom. The maximum Gasteiger partial charge on any atom is 0.217 e. The van der Waals surface area contributed by atoms with Gasteiger partial charge in [0.05, 0.1) is 5.69 Å². The molecule has 1 aromatic heterocycles. The Kier molecular flexibility index (Phi) is 2.47. The summed E-state index contributed by atoms with van der Waals surface area (Å²) in [4.78, 5) is 10.9. The molecule has 1 aliphatic heterocycles. The highest BCUT2D eigenvalue weighted by Crippen LogP contribution is 2.29. The maximum atomic E-state index is 10.9. The summed E-state index contributed by atoms with van der Waals surface area (Å²) in [5.74, 6) is 1.53. The molecule has 2 heterocycles. The Labute approximate surface area is 104 Å². The van der Waals surface area contributed by atoms with Crippen LogP contribution in [0.4, 0.5) is 0 Å². The van der Waals surface area contributed by atoms with Gasteiger partial charge in [0.1, 0.15) is 18.7 Å². The molecule has 0 spiro atoms. The van der Waals surface area contributed by atoms with Crippen LogP contribution in [-0.2, 0) is 17.9 Å². The first-order chi connectivity index (χ1) is 8.74. The van der Waals surface area contributed by atoms with Crippen molar-refractivity contribution in [3.63, 3.8) is 0 Å². The van der Waals surface area contributed by atoms with Crippen LogP contribution >= 0.6 is 0 Å². The number of carbonyl (C=O) groups is 1. The second-order valence-electron chi connectivity index (χ2n) is 4.12. The number of hydrogen-bond acceptors (Lipinski definition) is 4. The molecule has 0 saturated carbocycles. The number of carbonyl (C=O) groups excluding carboxylic acids is 1. The maximum absolute atomic E-state index is 10.9. The van der Waals surface area contributed by atoms with Crippen molar-refractivity contribution in [3.8, 4) is 11.4 Å². The van der Waals surface area contributed by atoms with E-state index in [-0.39, 0.29) is 5.91 Å². The average molecular weight is 244 g/mol. The summed E-state index contributed by atoms with van der Waals surface area (Å²) in [6.07, 6.45) is 1.67. The second kappa shape index (κ2) is 4.14. The molecule has 0 fully saturated rings. The van der Waals surface area contributed by atoms with E-state index in [9.17, 15) is 4.79 Å². The Hall–Kier alpha value is -2.37. The molecule has 1 N–H and O–H groups in total. The normalized spacial score (nSPS) is 12.3. The summed E-state index contributed by atoms with van der Waals surface area (Å²) < 4.78 is 7.48. The Morgan fingerprint density at radius 2 is 2.44 bits per heavy atom. The first kappa shape index (κ1) is 10.8. The molecule has 0 aliphatic carbocycles. The predicted molar refractivity (Wildman–Crippen MR) is 63.2 cm³/mol. The van der Waals surface area contributed by atoms with E-state index in [1.54, 1.807) is 6.33 Å². The van der Waals surface area contributed by atoms with Gasteiger partial charge in [0.2, 0.25) is 5.91 Å². The lowest BCUT2D eigenvalue weighted by atomic mass is 10.1. The highest BCUT2D eigenvalue weighted by Gasteiger charge is 2.18. The lowest BCUT2D eigenvalue weighted by Gasteiger charge is -2.19. The Bertz CT molecular complexity index is 606. The predicted octanol–water partition coefficient (Wildman–Crippen LogP) is 0.796. The molecule has 2 aromatic rings. The fourth-order valence-electron chi connectivity index (χ4n) is 1.91. The van der Waals surface area contributed by atoms with Crippen molar-refractivity contribution in [2.75, 3.05) is 0 Å². The quantitative estimate of drug-likeness (QED) is 0.848. The van der Waals surface area contributed by atoms with Crippen molar-refractivity contribution < 1.29 is 9.53 Å². The number of hydrogen-bond donors (Lipinski definition) is 1. The second-order valence-corrected chi connectivity index (χ2v) is 4.12. The fraction of sp³-hybridized carbons (Fsp3) is 0.250. The minimum Gasteiger partial charge on any atom is -0.483 e. The van der Waals surface area contributed by atoms with Gasteiger partial charge in [0.15, 0.2) is 5.82 Å². The van der Waals surface area contributed by atoms with E-state index in [1.807, 2.05) is 22.8 Å².